The van der Waals surface area contributed by atoms with Gasteiger partial charge in [-0.3, -0.25) is 4.79 Å². The van der Waals surface area contributed by atoms with Gasteiger partial charge >= 0.3 is 5.97 Å². The predicted molar refractivity (Wildman–Crippen MR) is 48.9 cm³/mol. The van der Waals surface area contributed by atoms with Gasteiger partial charge in [-0.25, -0.2) is 0 Å². The van der Waals surface area contributed by atoms with Crippen LogP contribution in [0.15, 0.2) is 16.8 Å². The minimum Gasteiger partial charge on any atom is -0.481 e. The lowest BCUT2D eigenvalue weighted by Gasteiger charge is -1.92. The lowest BCUT2D eigenvalue weighted by atomic mass is 10.1. The minimum atomic E-state index is -0.779. The molecule has 74 valence electrons. The summed E-state index contributed by atoms with van der Waals surface area (Å²) in [6.07, 6.45) is 3.16. The Bertz CT molecular complexity index is 444. The Labute approximate surface area is 79.7 Å². The fourth-order valence-corrected chi connectivity index (χ4v) is 1.39. The van der Waals surface area contributed by atoms with Crippen LogP contribution in [0.1, 0.15) is 18.5 Å². The molecule has 0 aromatic carbocycles. The standard InChI is InChI=1S/C9H10N2O3/c12-8(13)3-1-2-7-6-4-5-10-9(6)14-11-7/h4-5,10H,1-3H2,(H,12,13). The molecule has 0 unspecified atom stereocenters. The van der Waals surface area contributed by atoms with Crippen LogP contribution in [0.3, 0.4) is 0 Å². The Hall–Kier alpha value is -1.78. The fourth-order valence-electron chi connectivity index (χ4n) is 1.39. The van der Waals surface area contributed by atoms with E-state index in [0.29, 0.717) is 18.6 Å². The van der Waals surface area contributed by atoms with Crippen LogP contribution in [0, 0.1) is 0 Å². The zero-order valence-electron chi connectivity index (χ0n) is 7.49. The van der Waals surface area contributed by atoms with Gasteiger partial charge in [-0.2, -0.15) is 0 Å². The Morgan fingerprint density at radius 1 is 1.64 bits per heavy atom. The number of carboxylic acid groups (broad SMARTS) is 1. The molecule has 0 aliphatic rings. The molecule has 0 saturated heterocycles. The molecule has 2 N–H and O–H groups in total. The number of aromatic amines is 1. The number of nitrogens with one attached hydrogen (secondary N) is 1. The maximum absolute atomic E-state index is 10.3. The van der Waals surface area contributed by atoms with E-state index in [1.807, 2.05) is 6.07 Å². The van der Waals surface area contributed by atoms with Gasteiger partial charge in [0, 0.05) is 12.6 Å². The Morgan fingerprint density at radius 3 is 3.29 bits per heavy atom. The smallest absolute Gasteiger partial charge is 0.303 e. The summed E-state index contributed by atoms with van der Waals surface area (Å²) >= 11 is 0. The predicted octanol–water partition coefficient (Wildman–Crippen LogP) is 1.56. The van der Waals surface area contributed by atoms with E-state index in [1.165, 1.54) is 0 Å². The van der Waals surface area contributed by atoms with Crippen LogP contribution in [-0.4, -0.2) is 21.2 Å². The van der Waals surface area contributed by atoms with Crippen molar-refractivity contribution in [1.82, 2.24) is 10.1 Å². The zero-order valence-corrected chi connectivity index (χ0v) is 7.49. The van der Waals surface area contributed by atoms with Gasteiger partial charge in [-0.15, -0.1) is 0 Å². The van der Waals surface area contributed by atoms with Gasteiger partial charge < -0.3 is 14.6 Å². The molecule has 0 spiro atoms. The zero-order chi connectivity index (χ0) is 9.97. The molecule has 2 aromatic rings. The number of nitrogens with zero attached hydrogens (tertiary/aromatic N) is 1. The number of hydrogen-bond acceptors (Lipinski definition) is 3. The molecule has 0 bridgehead atoms. The van der Waals surface area contributed by atoms with E-state index >= 15 is 0 Å². The van der Waals surface area contributed by atoms with E-state index in [2.05, 4.69) is 10.1 Å². The van der Waals surface area contributed by atoms with E-state index < -0.39 is 5.97 Å². The second-order valence-electron chi connectivity index (χ2n) is 3.10. The summed E-state index contributed by atoms with van der Waals surface area (Å²) in [7, 11) is 0. The van der Waals surface area contributed by atoms with Crippen molar-refractivity contribution in [2.75, 3.05) is 0 Å². The topological polar surface area (TPSA) is 79.1 Å². The number of aromatic nitrogens is 2. The highest BCUT2D eigenvalue weighted by atomic mass is 16.5. The summed E-state index contributed by atoms with van der Waals surface area (Å²) in [4.78, 5) is 13.2. The number of aliphatic carboxylic acids is 1. The molecule has 0 saturated carbocycles. The average molecular weight is 194 g/mol. The monoisotopic (exact) mass is 194 g/mol. The molecule has 0 aliphatic heterocycles. The van der Waals surface area contributed by atoms with Crippen LogP contribution in [0.25, 0.3) is 11.1 Å². The van der Waals surface area contributed by atoms with Gasteiger partial charge in [0.25, 0.3) is 0 Å². The molecule has 0 fully saturated rings. The van der Waals surface area contributed by atoms with Gasteiger partial charge in [0.1, 0.15) is 0 Å². The summed E-state index contributed by atoms with van der Waals surface area (Å²) in [6, 6.07) is 1.88. The van der Waals surface area contributed by atoms with Crippen molar-refractivity contribution in [1.29, 1.82) is 0 Å². The van der Waals surface area contributed by atoms with Crippen LogP contribution < -0.4 is 0 Å². The summed E-state index contributed by atoms with van der Waals surface area (Å²) in [6.45, 7) is 0. The van der Waals surface area contributed by atoms with Gasteiger partial charge in [0.15, 0.2) is 0 Å². The van der Waals surface area contributed by atoms with Gasteiger partial charge in [-0.1, -0.05) is 5.16 Å². The third-order valence-electron chi connectivity index (χ3n) is 2.07. The number of aryl methyl sites for hydroxylation is 1. The molecule has 14 heavy (non-hydrogen) atoms. The first-order valence-electron chi connectivity index (χ1n) is 4.41. The number of hydrogen-bond donors (Lipinski definition) is 2. The van der Waals surface area contributed by atoms with E-state index in [4.69, 9.17) is 9.63 Å². The van der Waals surface area contributed by atoms with Gasteiger partial charge in [0.05, 0.1) is 11.1 Å². The number of H-pyrrole nitrogens is 1. The van der Waals surface area contributed by atoms with Gasteiger partial charge in [-0.05, 0) is 18.9 Å². The molecule has 0 amide bonds. The Balaban J connectivity index is 2.04. The van der Waals surface area contributed by atoms with Crippen molar-refractivity contribution in [2.24, 2.45) is 0 Å². The lowest BCUT2D eigenvalue weighted by molar-refractivity contribution is -0.137. The summed E-state index contributed by atoms with van der Waals surface area (Å²) in [5, 5.41) is 13.3. The van der Waals surface area contributed by atoms with E-state index in [9.17, 15) is 4.79 Å². The Kier molecular flexibility index (Phi) is 2.22. The molecular formula is C9H10N2O3. The second-order valence-corrected chi connectivity index (χ2v) is 3.10. The minimum absolute atomic E-state index is 0.165. The average Bonchev–Trinajstić information content (AvgIpc) is 2.67. The number of fused-ring (bicyclic) bond motifs is 1. The highest BCUT2D eigenvalue weighted by molar-refractivity contribution is 5.76. The summed E-state index contributed by atoms with van der Waals surface area (Å²) in [5.41, 5.74) is 1.47. The van der Waals surface area contributed by atoms with E-state index in [0.717, 1.165) is 11.1 Å². The molecule has 2 aromatic heterocycles. The number of carboxylic acids is 1. The van der Waals surface area contributed by atoms with Gasteiger partial charge in [0.2, 0.25) is 5.71 Å². The third kappa shape index (κ3) is 1.61. The summed E-state index contributed by atoms with van der Waals surface area (Å²) in [5.74, 6) is -0.779. The normalized spacial score (nSPS) is 10.9. The molecule has 5 nitrogen and oxygen atoms in total. The first-order valence-corrected chi connectivity index (χ1v) is 4.41. The van der Waals surface area contributed by atoms with E-state index in [1.54, 1.807) is 6.20 Å². The van der Waals surface area contributed by atoms with Crippen molar-refractivity contribution in [2.45, 2.75) is 19.3 Å². The third-order valence-corrected chi connectivity index (χ3v) is 2.07. The van der Waals surface area contributed by atoms with Crippen LogP contribution in [-0.2, 0) is 11.2 Å². The van der Waals surface area contributed by atoms with Crippen molar-refractivity contribution >= 4 is 17.1 Å². The summed E-state index contributed by atoms with van der Waals surface area (Å²) < 4.78 is 4.99. The highest BCUT2D eigenvalue weighted by Gasteiger charge is 2.08. The largest absolute Gasteiger partial charge is 0.481 e. The van der Waals surface area contributed by atoms with Crippen LogP contribution in [0.2, 0.25) is 0 Å². The highest BCUT2D eigenvalue weighted by Crippen LogP contribution is 2.17. The van der Waals surface area contributed by atoms with Crippen LogP contribution in [0.4, 0.5) is 0 Å². The van der Waals surface area contributed by atoms with E-state index in [-0.39, 0.29) is 6.42 Å². The molecule has 0 radical (unpaired) electrons. The molecule has 0 atom stereocenters. The first-order chi connectivity index (χ1) is 6.77. The maximum Gasteiger partial charge on any atom is 0.303 e. The van der Waals surface area contributed by atoms with Crippen molar-refractivity contribution < 1.29 is 14.4 Å². The van der Waals surface area contributed by atoms with Crippen LogP contribution >= 0.6 is 0 Å². The molecule has 2 rings (SSSR count). The fraction of sp³-hybridized carbons (Fsp3) is 0.333. The molecule has 2 heterocycles. The number of rotatable bonds is 4. The maximum atomic E-state index is 10.3. The van der Waals surface area contributed by atoms with Crippen molar-refractivity contribution in [3.05, 3.63) is 18.0 Å². The molecular weight excluding hydrogens is 184 g/mol. The lowest BCUT2D eigenvalue weighted by Crippen LogP contribution is -1.95. The molecule has 0 aliphatic carbocycles. The van der Waals surface area contributed by atoms with Crippen molar-refractivity contribution in [3.63, 3.8) is 0 Å². The quantitative estimate of drug-likeness (QED) is 0.774. The van der Waals surface area contributed by atoms with Crippen molar-refractivity contribution in [3.8, 4) is 0 Å². The molecule has 5 heteroatoms. The first kappa shape index (κ1) is 8.80. The second kappa shape index (κ2) is 3.53. The Morgan fingerprint density at radius 2 is 2.50 bits per heavy atom. The number of carbonyl (C=O) groups is 1. The SMILES string of the molecule is O=C(O)CCCc1noc2[nH]ccc12. The van der Waals surface area contributed by atoms with Crippen LogP contribution in [0.5, 0.6) is 0 Å².